The Balaban J connectivity index is 1.23. The third-order valence-corrected chi connectivity index (χ3v) is 5.27. The molecule has 5 aromatic rings. The fourth-order valence-corrected chi connectivity index (χ4v) is 3.41. The Kier molecular flexibility index (Phi) is 5.70. The molecule has 0 radical (unpaired) electrons. The van der Waals surface area contributed by atoms with Gasteiger partial charge in [-0.1, -0.05) is 35.0 Å². The molecule has 168 valence electrons. The van der Waals surface area contributed by atoms with Crippen molar-refractivity contribution in [1.29, 1.82) is 0 Å². The van der Waals surface area contributed by atoms with E-state index in [4.69, 9.17) is 4.52 Å². The van der Waals surface area contributed by atoms with Crippen LogP contribution in [0.4, 0.5) is 10.1 Å². The molecule has 2 aromatic heterocycles. The summed E-state index contributed by atoms with van der Waals surface area (Å²) in [5.41, 5.74) is 4.68. The number of benzene rings is 3. The first-order valence-corrected chi connectivity index (χ1v) is 10.6. The molecule has 0 atom stereocenters. The molecule has 0 spiro atoms. The third kappa shape index (κ3) is 4.75. The van der Waals surface area contributed by atoms with Gasteiger partial charge in [0.15, 0.2) is 0 Å². The molecule has 0 fully saturated rings. The van der Waals surface area contributed by atoms with E-state index < -0.39 is 0 Å². The number of hydrogen-bond acceptors (Lipinski definition) is 5. The monoisotopic (exact) mass is 453 g/mol. The van der Waals surface area contributed by atoms with E-state index in [-0.39, 0.29) is 17.6 Å². The second kappa shape index (κ2) is 9.11. The van der Waals surface area contributed by atoms with Crippen LogP contribution in [-0.4, -0.2) is 25.6 Å². The van der Waals surface area contributed by atoms with Gasteiger partial charge < -0.3 is 14.4 Å². The summed E-state index contributed by atoms with van der Waals surface area (Å²) in [5, 5.41) is 6.86. The molecule has 1 amide bonds. The number of aryl methyl sites for hydroxylation is 1. The molecule has 0 saturated heterocycles. The van der Waals surface area contributed by atoms with Crippen molar-refractivity contribution in [3.63, 3.8) is 0 Å². The molecule has 0 aliphatic heterocycles. The topological polar surface area (TPSA) is 85.8 Å². The molecule has 5 rings (SSSR count). The minimum Gasteiger partial charge on any atom is -0.332 e. The van der Waals surface area contributed by atoms with Gasteiger partial charge in [-0.05, 0) is 61.0 Å². The molecule has 0 unspecified atom stereocenters. The molecule has 34 heavy (non-hydrogen) atoms. The second-order valence-corrected chi connectivity index (χ2v) is 7.88. The first kappa shape index (κ1) is 21.3. The average molecular weight is 453 g/mol. The van der Waals surface area contributed by atoms with Gasteiger partial charge in [-0.2, -0.15) is 4.98 Å². The Morgan fingerprint density at radius 1 is 1.00 bits per heavy atom. The number of imidazole rings is 1. The lowest BCUT2D eigenvalue weighted by molar-refractivity contribution is 0.102. The zero-order valence-electron chi connectivity index (χ0n) is 18.3. The predicted molar refractivity (Wildman–Crippen MR) is 126 cm³/mol. The minimum atomic E-state index is -0.326. The highest BCUT2D eigenvalue weighted by molar-refractivity contribution is 6.04. The Morgan fingerprint density at radius 2 is 1.74 bits per heavy atom. The first-order valence-electron chi connectivity index (χ1n) is 10.6. The molecule has 3 aromatic carbocycles. The van der Waals surface area contributed by atoms with Gasteiger partial charge in [-0.3, -0.25) is 4.79 Å². The largest absolute Gasteiger partial charge is 0.332 e. The van der Waals surface area contributed by atoms with Gasteiger partial charge in [0.05, 0.1) is 6.33 Å². The molecule has 2 heterocycles. The molecule has 0 aliphatic rings. The zero-order valence-corrected chi connectivity index (χ0v) is 18.3. The number of rotatable bonds is 6. The number of aromatic nitrogens is 4. The van der Waals surface area contributed by atoms with E-state index in [2.05, 4.69) is 20.4 Å². The number of carbonyl (C=O) groups excluding carboxylic acids is 1. The maximum Gasteiger partial charge on any atom is 0.278 e. The highest BCUT2D eigenvalue weighted by Crippen LogP contribution is 2.21. The summed E-state index contributed by atoms with van der Waals surface area (Å²) in [5.74, 6) is 0.180. The first-order chi connectivity index (χ1) is 16.5. The van der Waals surface area contributed by atoms with Crippen molar-refractivity contribution in [3.05, 3.63) is 108 Å². The molecule has 7 nitrogen and oxygen atoms in total. The van der Waals surface area contributed by atoms with Gasteiger partial charge in [0.25, 0.3) is 11.8 Å². The van der Waals surface area contributed by atoms with Crippen LogP contribution in [0.3, 0.4) is 0 Å². The Bertz CT molecular complexity index is 1420. The van der Waals surface area contributed by atoms with E-state index in [9.17, 15) is 9.18 Å². The van der Waals surface area contributed by atoms with Crippen molar-refractivity contribution in [2.45, 2.75) is 13.5 Å². The summed E-state index contributed by atoms with van der Waals surface area (Å²) in [7, 11) is 0. The van der Waals surface area contributed by atoms with Gasteiger partial charge in [-0.25, -0.2) is 9.37 Å². The molecule has 0 bridgehead atoms. The number of nitrogens with one attached hydrogen (secondary N) is 1. The van der Waals surface area contributed by atoms with Gasteiger partial charge >= 0.3 is 0 Å². The minimum absolute atomic E-state index is 0.147. The van der Waals surface area contributed by atoms with E-state index in [0.717, 1.165) is 16.8 Å². The standard InChI is InChI=1S/C26H20FN5O2/c1-17-2-6-20(7-3-17)25(33)29-22-12-4-18(5-13-22)14-32-15-23(28-16-32)26-30-24(31-34-26)19-8-10-21(27)11-9-19/h2-13,15-16H,14H2,1H3,(H,29,33). The summed E-state index contributed by atoms with van der Waals surface area (Å²) in [4.78, 5) is 21.1. The Hall–Kier alpha value is -4.59. The van der Waals surface area contributed by atoms with Crippen molar-refractivity contribution < 1.29 is 13.7 Å². The lowest BCUT2D eigenvalue weighted by atomic mass is 10.1. The zero-order chi connectivity index (χ0) is 23.5. The van der Waals surface area contributed by atoms with E-state index in [1.54, 1.807) is 18.5 Å². The van der Waals surface area contributed by atoms with Gasteiger partial charge in [0.2, 0.25) is 5.82 Å². The fourth-order valence-electron chi connectivity index (χ4n) is 3.41. The highest BCUT2D eigenvalue weighted by atomic mass is 19.1. The van der Waals surface area contributed by atoms with E-state index in [0.29, 0.717) is 29.2 Å². The number of anilines is 1. The molecule has 0 saturated carbocycles. The van der Waals surface area contributed by atoms with Crippen LogP contribution in [0.1, 0.15) is 21.5 Å². The SMILES string of the molecule is Cc1ccc(C(=O)Nc2ccc(Cn3cnc(-c4nc(-c5ccc(F)cc5)no4)c3)cc2)cc1. The summed E-state index contributed by atoms with van der Waals surface area (Å²) in [6.07, 6.45) is 3.50. The smallest absolute Gasteiger partial charge is 0.278 e. The molecular weight excluding hydrogens is 433 g/mol. The maximum absolute atomic E-state index is 13.1. The number of nitrogens with zero attached hydrogens (tertiary/aromatic N) is 4. The average Bonchev–Trinajstić information content (AvgIpc) is 3.51. The van der Waals surface area contributed by atoms with Crippen molar-refractivity contribution >= 4 is 11.6 Å². The van der Waals surface area contributed by atoms with Crippen LogP contribution in [-0.2, 0) is 6.54 Å². The number of amides is 1. The Labute approximate surface area is 194 Å². The third-order valence-electron chi connectivity index (χ3n) is 5.27. The predicted octanol–water partition coefficient (Wildman–Crippen LogP) is 5.35. The summed E-state index contributed by atoms with van der Waals surface area (Å²) in [6, 6.07) is 20.9. The lowest BCUT2D eigenvalue weighted by Gasteiger charge is -2.07. The van der Waals surface area contributed by atoms with Crippen LogP contribution in [0.25, 0.3) is 23.0 Å². The number of halogens is 1. The van der Waals surface area contributed by atoms with Crippen molar-refractivity contribution in [1.82, 2.24) is 19.7 Å². The summed E-state index contributed by atoms with van der Waals surface area (Å²) in [6.45, 7) is 2.56. The fraction of sp³-hybridized carbons (Fsp3) is 0.0769. The van der Waals surface area contributed by atoms with Crippen molar-refractivity contribution in [3.8, 4) is 23.0 Å². The van der Waals surface area contributed by atoms with Crippen LogP contribution in [0, 0.1) is 12.7 Å². The number of carbonyl (C=O) groups is 1. The molecule has 1 N–H and O–H groups in total. The van der Waals surface area contributed by atoms with E-state index >= 15 is 0 Å². The van der Waals surface area contributed by atoms with Crippen LogP contribution >= 0.6 is 0 Å². The quantitative estimate of drug-likeness (QED) is 0.375. The highest BCUT2D eigenvalue weighted by Gasteiger charge is 2.13. The van der Waals surface area contributed by atoms with Gasteiger partial charge in [-0.15, -0.1) is 0 Å². The second-order valence-electron chi connectivity index (χ2n) is 7.88. The Morgan fingerprint density at radius 3 is 2.47 bits per heavy atom. The molecule has 8 heteroatoms. The van der Waals surface area contributed by atoms with Crippen molar-refractivity contribution in [2.24, 2.45) is 0 Å². The molecular formula is C26H20FN5O2. The van der Waals surface area contributed by atoms with E-state index in [1.165, 1.54) is 12.1 Å². The van der Waals surface area contributed by atoms with Crippen LogP contribution < -0.4 is 5.32 Å². The maximum atomic E-state index is 13.1. The van der Waals surface area contributed by atoms with Crippen molar-refractivity contribution in [2.75, 3.05) is 5.32 Å². The van der Waals surface area contributed by atoms with Crippen LogP contribution in [0.2, 0.25) is 0 Å². The van der Waals surface area contributed by atoms with Gasteiger partial charge in [0, 0.05) is 29.6 Å². The van der Waals surface area contributed by atoms with Crippen LogP contribution in [0.5, 0.6) is 0 Å². The van der Waals surface area contributed by atoms with Crippen LogP contribution in [0.15, 0.2) is 89.8 Å². The number of hydrogen-bond donors (Lipinski definition) is 1. The molecule has 0 aliphatic carbocycles. The lowest BCUT2D eigenvalue weighted by Crippen LogP contribution is -2.11. The van der Waals surface area contributed by atoms with E-state index in [1.807, 2.05) is 66.2 Å². The summed E-state index contributed by atoms with van der Waals surface area (Å²) < 4.78 is 20.3. The van der Waals surface area contributed by atoms with Gasteiger partial charge in [0.1, 0.15) is 11.5 Å². The normalized spacial score (nSPS) is 10.9. The summed E-state index contributed by atoms with van der Waals surface area (Å²) >= 11 is 0.